The van der Waals surface area contributed by atoms with Crippen molar-refractivity contribution in [2.24, 2.45) is 5.73 Å². The minimum Gasteiger partial charge on any atom is -0.320 e. The van der Waals surface area contributed by atoms with Crippen molar-refractivity contribution in [1.29, 1.82) is 0 Å². The molecule has 0 aliphatic carbocycles. The van der Waals surface area contributed by atoms with Gasteiger partial charge < -0.3 is 5.73 Å². The molecule has 0 heterocycles. The van der Waals surface area contributed by atoms with Crippen molar-refractivity contribution in [3.05, 3.63) is 35.4 Å². The van der Waals surface area contributed by atoms with Gasteiger partial charge in [-0.25, -0.2) is 16.8 Å². The summed E-state index contributed by atoms with van der Waals surface area (Å²) in [4.78, 5) is 0. The summed E-state index contributed by atoms with van der Waals surface area (Å²) >= 11 is 0. The number of hydrogen-bond acceptors (Lipinski definition) is 5. The molecule has 0 bridgehead atoms. The molecule has 8 heteroatoms. The fourth-order valence-electron chi connectivity index (χ4n) is 1.62. The van der Waals surface area contributed by atoms with Gasteiger partial charge in [-0.2, -0.15) is 4.31 Å². The van der Waals surface area contributed by atoms with Crippen LogP contribution in [0.2, 0.25) is 0 Å². The molecule has 0 aliphatic rings. The molecule has 0 unspecified atom stereocenters. The molecule has 0 spiro atoms. The highest BCUT2D eigenvalue weighted by Crippen LogP contribution is 2.11. The van der Waals surface area contributed by atoms with E-state index in [1.54, 1.807) is 24.3 Å². The van der Waals surface area contributed by atoms with E-state index < -0.39 is 24.9 Å². The third kappa shape index (κ3) is 6.27. The molecule has 0 saturated heterocycles. The molecule has 116 valence electrons. The van der Waals surface area contributed by atoms with Crippen LogP contribution in [0.4, 0.5) is 0 Å². The zero-order valence-corrected chi connectivity index (χ0v) is 13.5. The van der Waals surface area contributed by atoms with Crippen molar-refractivity contribution in [3.8, 4) is 11.8 Å². The second kappa shape index (κ2) is 7.04. The number of sulfonamides is 1. The van der Waals surface area contributed by atoms with Gasteiger partial charge in [0.1, 0.15) is 0 Å². The smallest absolute Gasteiger partial charge is 0.228 e. The van der Waals surface area contributed by atoms with Gasteiger partial charge in [-0.05, 0) is 17.7 Å². The van der Waals surface area contributed by atoms with E-state index in [0.29, 0.717) is 0 Å². The summed E-state index contributed by atoms with van der Waals surface area (Å²) in [7, 11) is -6.12. The van der Waals surface area contributed by atoms with Gasteiger partial charge in [0, 0.05) is 25.4 Å². The average Bonchev–Trinajstić information content (AvgIpc) is 2.34. The molecule has 0 aromatic heterocycles. The minimum atomic E-state index is -3.86. The minimum absolute atomic E-state index is 0.0794. The number of benzene rings is 1. The van der Waals surface area contributed by atoms with E-state index in [1.807, 2.05) is 0 Å². The quantitative estimate of drug-likeness (QED) is 0.752. The molecular weight excluding hydrogens is 312 g/mol. The summed E-state index contributed by atoms with van der Waals surface area (Å²) in [5.41, 5.74) is 6.74. The molecule has 0 fully saturated rings. The molecule has 0 atom stereocenters. The zero-order valence-electron chi connectivity index (χ0n) is 11.9. The Kier molecular flexibility index (Phi) is 5.92. The number of nitrogens with two attached hydrogens (primary N) is 1. The van der Waals surface area contributed by atoms with E-state index in [9.17, 15) is 16.8 Å². The molecule has 0 amide bonds. The van der Waals surface area contributed by atoms with Crippen LogP contribution in [0.5, 0.6) is 0 Å². The summed E-state index contributed by atoms with van der Waals surface area (Å²) in [6.07, 6.45) is 0.890. The molecular formula is C13H18N2O4S2. The van der Waals surface area contributed by atoms with Crippen molar-refractivity contribution in [1.82, 2.24) is 4.31 Å². The molecule has 0 radical (unpaired) electrons. The van der Waals surface area contributed by atoms with Crippen LogP contribution in [0.15, 0.2) is 24.3 Å². The lowest BCUT2D eigenvalue weighted by Gasteiger charge is -2.16. The van der Waals surface area contributed by atoms with Crippen molar-refractivity contribution in [2.45, 2.75) is 6.54 Å². The van der Waals surface area contributed by atoms with Gasteiger partial charge in [-0.1, -0.05) is 24.0 Å². The summed E-state index contributed by atoms with van der Waals surface area (Å²) < 4.78 is 47.1. The van der Waals surface area contributed by atoms with Crippen LogP contribution in [-0.2, 0) is 26.4 Å². The lowest BCUT2D eigenvalue weighted by molar-refractivity contribution is 0.470. The van der Waals surface area contributed by atoms with Gasteiger partial charge in [0.2, 0.25) is 10.0 Å². The first-order valence-corrected chi connectivity index (χ1v) is 9.70. The van der Waals surface area contributed by atoms with Gasteiger partial charge in [-0.3, -0.25) is 0 Å². The standard InChI is InChI=1S/C13H18N2O4S2/c1-15(21(18,19)11-20(2,16)17)10-13-6-3-5-12(9-13)7-4-8-14/h3,5-6,9H,8,10-11,14H2,1-2H3. The van der Waals surface area contributed by atoms with Crippen LogP contribution in [0.1, 0.15) is 11.1 Å². The monoisotopic (exact) mass is 330 g/mol. The van der Waals surface area contributed by atoms with Gasteiger partial charge in [0.25, 0.3) is 0 Å². The average molecular weight is 330 g/mol. The van der Waals surface area contributed by atoms with Crippen molar-refractivity contribution in [2.75, 3.05) is 24.9 Å². The van der Waals surface area contributed by atoms with Crippen molar-refractivity contribution in [3.63, 3.8) is 0 Å². The number of sulfone groups is 1. The fourth-order valence-corrected chi connectivity index (χ4v) is 4.85. The molecule has 1 aromatic rings. The van der Waals surface area contributed by atoms with Crippen LogP contribution in [0, 0.1) is 11.8 Å². The highest BCUT2D eigenvalue weighted by atomic mass is 32.3. The first-order chi connectivity index (χ1) is 9.64. The first kappa shape index (κ1) is 17.7. The van der Waals surface area contributed by atoms with Gasteiger partial charge in [-0.15, -0.1) is 0 Å². The maximum Gasteiger partial charge on any atom is 0.228 e. The summed E-state index contributed by atoms with van der Waals surface area (Å²) in [6, 6.07) is 7.04. The Bertz CT molecular complexity index is 759. The van der Waals surface area contributed by atoms with Gasteiger partial charge in [0.05, 0.1) is 6.54 Å². The molecule has 1 aromatic carbocycles. The molecule has 0 saturated carbocycles. The highest BCUT2D eigenvalue weighted by Gasteiger charge is 2.23. The maximum atomic E-state index is 11.9. The molecule has 0 aliphatic heterocycles. The van der Waals surface area contributed by atoms with Crippen molar-refractivity contribution < 1.29 is 16.8 Å². The predicted molar refractivity (Wildman–Crippen MR) is 82.5 cm³/mol. The molecule has 21 heavy (non-hydrogen) atoms. The Morgan fingerprint density at radius 3 is 2.48 bits per heavy atom. The lowest BCUT2D eigenvalue weighted by Crippen LogP contribution is -2.31. The van der Waals surface area contributed by atoms with E-state index in [0.717, 1.165) is 21.7 Å². The third-order valence-corrected chi connectivity index (χ3v) is 6.49. The van der Waals surface area contributed by atoms with Gasteiger partial charge >= 0.3 is 0 Å². The Labute approximate surface area is 125 Å². The normalized spacial score (nSPS) is 12.0. The fraction of sp³-hybridized carbons (Fsp3) is 0.385. The molecule has 2 N–H and O–H groups in total. The van der Waals surface area contributed by atoms with E-state index in [-0.39, 0.29) is 13.1 Å². The van der Waals surface area contributed by atoms with E-state index in [1.165, 1.54) is 7.05 Å². The zero-order chi connectivity index (χ0) is 16.1. The Morgan fingerprint density at radius 2 is 1.90 bits per heavy atom. The second-order valence-electron chi connectivity index (χ2n) is 4.62. The Morgan fingerprint density at radius 1 is 1.24 bits per heavy atom. The summed E-state index contributed by atoms with van der Waals surface area (Å²) in [5.74, 6) is 5.57. The third-order valence-electron chi connectivity index (χ3n) is 2.50. The van der Waals surface area contributed by atoms with Crippen LogP contribution in [0.25, 0.3) is 0 Å². The van der Waals surface area contributed by atoms with E-state index >= 15 is 0 Å². The van der Waals surface area contributed by atoms with Crippen LogP contribution in [0.3, 0.4) is 0 Å². The Balaban J connectivity index is 2.91. The van der Waals surface area contributed by atoms with Crippen LogP contribution >= 0.6 is 0 Å². The van der Waals surface area contributed by atoms with E-state index in [2.05, 4.69) is 11.8 Å². The highest BCUT2D eigenvalue weighted by molar-refractivity contribution is 8.06. The first-order valence-electron chi connectivity index (χ1n) is 6.04. The predicted octanol–water partition coefficient (Wildman–Crippen LogP) is -0.239. The molecule has 1 rings (SSSR count). The topological polar surface area (TPSA) is 97.5 Å². The summed E-state index contributed by atoms with van der Waals surface area (Å²) in [6.45, 7) is 0.322. The van der Waals surface area contributed by atoms with Gasteiger partial charge in [0.15, 0.2) is 14.9 Å². The number of hydrogen-bond donors (Lipinski definition) is 1. The number of nitrogens with zero attached hydrogens (tertiary/aromatic N) is 1. The SMILES string of the molecule is CN(Cc1cccc(C#CCN)c1)S(=O)(=O)CS(C)(=O)=O. The van der Waals surface area contributed by atoms with Crippen LogP contribution in [-0.4, -0.2) is 46.1 Å². The largest absolute Gasteiger partial charge is 0.320 e. The van der Waals surface area contributed by atoms with Crippen molar-refractivity contribution >= 4 is 19.9 Å². The molecule has 6 nitrogen and oxygen atoms in total. The van der Waals surface area contributed by atoms with Crippen LogP contribution < -0.4 is 5.73 Å². The number of rotatable bonds is 5. The summed E-state index contributed by atoms with van der Waals surface area (Å²) in [5, 5.41) is -0.900. The van der Waals surface area contributed by atoms with E-state index in [4.69, 9.17) is 5.73 Å². The lowest BCUT2D eigenvalue weighted by atomic mass is 10.1. The Hall–Kier alpha value is -1.40. The maximum absolute atomic E-state index is 11.9. The second-order valence-corrected chi connectivity index (χ2v) is 9.20.